The van der Waals surface area contributed by atoms with Gasteiger partial charge in [-0.1, -0.05) is 6.92 Å². The van der Waals surface area contributed by atoms with Gasteiger partial charge in [-0.2, -0.15) is 0 Å². The van der Waals surface area contributed by atoms with E-state index in [0.717, 1.165) is 32.4 Å². The molecule has 0 spiro atoms. The maximum absolute atomic E-state index is 12.2. The van der Waals surface area contributed by atoms with Gasteiger partial charge in [-0.15, -0.1) is 0 Å². The van der Waals surface area contributed by atoms with Crippen molar-refractivity contribution < 1.29 is 14.3 Å². The first-order chi connectivity index (χ1) is 10.2. The molecule has 2 atom stereocenters. The molecular formula is C17H34N2O3. The van der Waals surface area contributed by atoms with Crippen molar-refractivity contribution in [2.75, 3.05) is 19.6 Å². The van der Waals surface area contributed by atoms with Gasteiger partial charge >= 0.3 is 6.09 Å². The van der Waals surface area contributed by atoms with Gasteiger partial charge in [-0.25, -0.2) is 4.79 Å². The second-order valence-electron chi connectivity index (χ2n) is 7.35. The molecule has 0 radical (unpaired) electrons. The minimum Gasteiger partial charge on any atom is -0.444 e. The van der Waals surface area contributed by atoms with Crippen molar-refractivity contribution in [3.8, 4) is 0 Å². The maximum atomic E-state index is 12.2. The van der Waals surface area contributed by atoms with Crippen LogP contribution in [-0.2, 0) is 9.47 Å². The summed E-state index contributed by atoms with van der Waals surface area (Å²) in [6.45, 7) is 14.2. The van der Waals surface area contributed by atoms with E-state index < -0.39 is 5.60 Å². The van der Waals surface area contributed by atoms with Gasteiger partial charge in [0.05, 0.1) is 12.2 Å². The number of hydrogen-bond acceptors (Lipinski definition) is 4. The Morgan fingerprint density at radius 1 is 1.23 bits per heavy atom. The monoisotopic (exact) mass is 314 g/mol. The summed E-state index contributed by atoms with van der Waals surface area (Å²) < 4.78 is 11.2. The zero-order valence-electron chi connectivity index (χ0n) is 15.1. The predicted molar refractivity (Wildman–Crippen MR) is 89.1 cm³/mol. The van der Waals surface area contributed by atoms with Crippen LogP contribution < -0.4 is 5.32 Å². The van der Waals surface area contributed by atoms with Crippen LogP contribution >= 0.6 is 0 Å². The van der Waals surface area contributed by atoms with Crippen molar-refractivity contribution in [1.29, 1.82) is 0 Å². The van der Waals surface area contributed by atoms with Crippen LogP contribution in [0.4, 0.5) is 4.79 Å². The first-order valence-corrected chi connectivity index (χ1v) is 8.58. The molecule has 1 aliphatic heterocycles. The van der Waals surface area contributed by atoms with E-state index >= 15 is 0 Å². The van der Waals surface area contributed by atoms with E-state index in [1.165, 1.54) is 0 Å². The minimum absolute atomic E-state index is 0.218. The van der Waals surface area contributed by atoms with Crippen molar-refractivity contribution in [2.24, 2.45) is 0 Å². The van der Waals surface area contributed by atoms with Crippen LogP contribution in [0.3, 0.4) is 0 Å². The summed E-state index contributed by atoms with van der Waals surface area (Å²) in [5, 5.41) is 3.56. The quantitative estimate of drug-likeness (QED) is 0.818. The van der Waals surface area contributed by atoms with Crippen LogP contribution in [0.25, 0.3) is 0 Å². The third-order valence-corrected chi connectivity index (χ3v) is 3.66. The molecule has 5 nitrogen and oxygen atoms in total. The van der Waals surface area contributed by atoms with Crippen molar-refractivity contribution in [3.05, 3.63) is 0 Å². The molecule has 1 fully saturated rings. The summed E-state index contributed by atoms with van der Waals surface area (Å²) in [6, 6.07) is 0.473. The van der Waals surface area contributed by atoms with E-state index in [-0.39, 0.29) is 6.09 Å². The van der Waals surface area contributed by atoms with E-state index in [2.05, 4.69) is 26.1 Å². The van der Waals surface area contributed by atoms with Gasteiger partial charge in [-0.05, 0) is 53.9 Å². The van der Waals surface area contributed by atoms with E-state index in [1.54, 1.807) is 4.90 Å². The zero-order valence-corrected chi connectivity index (χ0v) is 15.1. The van der Waals surface area contributed by atoms with Crippen LogP contribution in [0.15, 0.2) is 0 Å². The summed E-state index contributed by atoms with van der Waals surface area (Å²) in [7, 11) is 0. The molecule has 0 aromatic carbocycles. The Labute approximate surface area is 135 Å². The average molecular weight is 314 g/mol. The van der Waals surface area contributed by atoms with Crippen LogP contribution in [0.5, 0.6) is 0 Å². The molecule has 0 aromatic heterocycles. The van der Waals surface area contributed by atoms with E-state index in [1.807, 2.05) is 20.8 Å². The lowest BCUT2D eigenvalue weighted by molar-refractivity contribution is -0.0423. The van der Waals surface area contributed by atoms with Crippen LogP contribution in [0.1, 0.15) is 60.8 Å². The Morgan fingerprint density at radius 2 is 1.82 bits per heavy atom. The number of carbonyl (C=O) groups excluding carboxylic acids is 1. The van der Waals surface area contributed by atoms with Crippen LogP contribution in [-0.4, -0.2) is 54.5 Å². The molecule has 1 saturated heterocycles. The summed E-state index contributed by atoms with van der Waals surface area (Å²) in [4.78, 5) is 14.0. The highest BCUT2D eigenvalue weighted by atomic mass is 16.6. The predicted octanol–water partition coefficient (Wildman–Crippen LogP) is 3.18. The first-order valence-electron chi connectivity index (χ1n) is 8.58. The molecular weight excluding hydrogens is 280 g/mol. The molecule has 1 aliphatic rings. The maximum Gasteiger partial charge on any atom is 0.410 e. The van der Waals surface area contributed by atoms with Crippen molar-refractivity contribution in [3.63, 3.8) is 0 Å². The second kappa shape index (κ2) is 8.73. The largest absolute Gasteiger partial charge is 0.444 e. The Balaban J connectivity index is 2.39. The minimum atomic E-state index is -0.442. The summed E-state index contributed by atoms with van der Waals surface area (Å²) >= 11 is 0. The van der Waals surface area contributed by atoms with Gasteiger partial charge in [0.1, 0.15) is 5.60 Å². The van der Waals surface area contributed by atoms with Crippen LogP contribution in [0, 0.1) is 0 Å². The molecule has 1 heterocycles. The zero-order chi connectivity index (χ0) is 16.8. The van der Waals surface area contributed by atoms with Gasteiger partial charge in [0.2, 0.25) is 0 Å². The molecule has 0 saturated carbocycles. The summed E-state index contributed by atoms with van der Waals surface area (Å²) in [5.74, 6) is 0. The molecule has 0 aliphatic carbocycles. The molecule has 0 aromatic rings. The molecule has 5 heteroatoms. The summed E-state index contributed by atoms with van der Waals surface area (Å²) in [6.07, 6.45) is 3.39. The fraction of sp³-hybridized carbons (Fsp3) is 0.941. The van der Waals surface area contributed by atoms with Crippen molar-refractivity contribution in [1.82, 2.24) is 10.2 Å². The van der Waals surface area contributed by atoms with E-state index in [9.17, 15) is 4.79 Å². The van der Waals surface area contributed by atoms with Crippen molar-refractivity contribution >= 4 is 6.09 Å². The van der Waals surface area contributed by atoms with E-state index in [4.69, 9.17) is 9.47 Å². The van der Waals surface area contributed by atoms with E-state index in [0.29, 0.717) is 24.8 Å². The molecule has 1 N–H and O–H groups in total. The molecule has 1 amide bonds. The van der Waals surface area contributed by atoms with Gasteiger partial charge in [0.15, 0.2) is 0 Å². The number of ether oxygens (including phenoxy) is 2. The number of carbonyl (C=O) groups is 1. The molecule has 2 unspecified atom stereocenters. The lowest BCUT2D eigenvalue weighted by Gasteiger charge is -2.33. The smallest absolute Gasteiger partial charge is 0.410 e. The fourth-order valence-corrected chi connectivity index (χ4v) is 2.87. The third-order valence-electron chi connectivity index (χ3n) is 3.66. The Hall–Kier alpha value is -0.810. The summed E-state index contributed by atoms with van der Waals surface area (Å²) in [5.41, 5.74) is -0.442. The highest BCUT2D eigenvalue weighted by Gasteiger charge is 2.25. The SMILES string of the molecule is CCCN(CCNC1CC(C)OC(C)C1)C(=O)OC(C)(C)C. The number of nitrogens with one attached hydrogen (secondary N) is 1. The Bertz CT molecular complexity index is 331. The molecule has 130 valence electrons. The molecule has 0 bridgehead atoms. The van der Waals surface area contributed by atoms with Gasteiger partial charge in [0.25, 0.3) is 0 Å². The van der Waals surface area contributed by atoms with Crippen molar-refractivity contribution in [2.45, 2.75) is 84.7 Å². The number of amides is 1. The van der Waals surface area contributed by atoms with Gasteiger partial charge in [-0.3, -0.25) is 0 Å². The fourth-order valence-electron chi connectivity index (χ4n) is 2.87. The van der Waals surface area contributed by atoms with Gasteiger partial charge < -0.3 is 19.7 Å². The van der Waals surface area contributed by atoms with Gasteiger partial charge in [0, 0.05) is 25.7 Å². The number of nitrogens with zero attached hydrogens (tertiary/aromatic N) is 1. The average Bonchev–Trinajstić information content (AvgIpc) is 2.34. The highest BCUT2D eigenvalue weighted by Crippen LogP contribution is 2.18. The second-order valence-corrected chi connectivity index (χ2v) is 7.35. The Morgan fingerprint density at radius 3 is 2.32 bits per heavy atom. The molecule has 1 rings (SSSR count). The number of hydrogen-bond donors (Lipinski definition) is 1. The molecule has 22 heavy (non-hydrogen) atoms. The highest BCUT2D eigenvalue weighted by molar-refractivity contribution is 5.68. The standard InChI is InChI=1S/C17H34N2O3/c1-7-9-19(16(20)22-17(4,5)6)10-8-18-15-11-13(2)21-14(3)12-15/h13-15,18H,7-12H2,1-6H3. The Kier molecular flexibility index (Phi) is 7.63. The first kappa shape index (κ1) is 19.2. The number of rotatable bonds is 6. The normalized spacial score (nSPS) is 25.8. The lowest BCUT2D eigenvalue weighted by Crippen LogP contribution is -2.46. The third kappa shape index (κ3) is 7.45. The lowest BCUT2D eigenvalue weighted by atomic mass is 10.00. The van der Waals surface area contributed by atoms with Crippen LogP contribution in [0.2, 0.25) is 0 Å². The topological polar surface area (TPSA) is 50.8 Å².